The molecule has 1 saturated carbocycles. The Bertz CT molecular complexity index is 462. The molecule has 1 aromatic heterocycles. The summed E-state index contributed by atoms with van der Waals surface area (Å²) in [5, 5.41) is 3.55. The zero-order valence-corrected chi connectivity index (χ0v) is 13.8. The van der Waals surface area contributed by atoms with Gasteiger partial charge in [-0.25, -0.2) is 4.98 Å². The molecule has 1 aromatic rings. The van der Waals surface area contributed by atoms with E-state index in [9.17, 15) is 0 Å². The van der Waals surface area contributed by atoms with Gasteiger partial charge in [-0.1, -0.05) is 6.92 Å². The van der Waals surface area contributed by atoms with Crippen LogP contribution in [0.15, 0.2) is 12.1 Å². The van der Waals surface area contributed by atoms with Gasteiger partial charge in [0.2, 0.25) is 0 Å². The third-order valence-electron chi connectivity index (χ3n) is 4.00. The van der Waals surface area contributed by atoms with Crippen molar-refractivity contribution in [2.24, 2.45) is 11.8 Å². The molecule has 0 aliphatic heterocycles. The van der Waals surface area contributed by atoms with Gasteiger partial charge in [-0.2, -0.15) is 0 Å². The van der Waals surface area contributed by atoms with Crippen LogP contribution in [-0.2, 0) is 6.54 Å². The van der Waals surface area contributed by atoms with E-state index in [-0.39, 0.29) is 5.54 Å². The third kappa shape index (κ3) is 4.48. The van der Waals surface area contributed by atoms with E-state index in [1.807, 2.05) is 0 Å². The van der Waals surface area contributed by atoms with Crippen molar-refractivity contribution in [3.8, 4) is 0 Å². The number of hydrogen-bond donors (Lipinski definition) is 1. The van der Waals surface area contributed by atoms with E-state index >= 15 is 0 Å². The molecule has 1 aliphatic rings. The lowest BCUT2D eigenvalue weighted by Crippen LogP contribution is -2.35. The van der Waals surface area contributed by atoms with E-state index in [1.165, 1.54) is 12.0 Å². The fourth-order valence-electron chi connectivity index (χ4n) is 2.48. The zero-order chi connectivity index (χ0) is 14.9. The van der Waals surface area contributed by atoms with E-state index in [4.69, 9.17) is 0 Å². The quantitative estimate of drug-likeness (QED) is 0.893. The molecule has 3 nitrogen and oxygen atoms in total. The molecule has 112 valence electrons. The van der Waals surface area contributed by atoms with Gasteiger partial charge in [0.15, 0.2) is 0 Å². The lowest BCUT2D eigenvalue weighted by molar-refractivity contribution is 0.424. The lowest BCUT2D eigenvalue weighted by atomic mass is 10.1. The molecule has 3 heteroatoms. The van der Waals surface area contributed by atoms with Crippen LogP contribution in [0, 0.1) is 18.8 Å². The largest absolute Gasteiger partial charge is 0.359 e. The first kappa shape index (κ1) is 15.3. The van der Waals surface area contributed by atoms with Crippen molar-refractivity contribution in [2.75, 3.05) is 18.5 Å². The fourth-order valence-corrected chi connectivity index (χ4v) is 2.48. The Hall–Kier alpha value is -1.09. The predicted molar refractivity (Wildman–Crippen MR) is 86.1 cm³/mol. The number of aryl methyl sites for hydroxylation is 1. The SMILES string of the molecule is Cc1cc(CNC(C)(C)C)cc(N(C)CC2CC2C)n1. The molecular formula is C17H29N3. The van der Waals surface area contributed by atoms with Crippen LogP contribution in [0.4, 0.5) is 5.82 Å². The topological polar surface area (TPSA) is 28.2 Å². The summed E-state index contributed by atoms with van der Waals surface area (Å²) in [4.78, 5) is 6.99. The van der Waals surface area contributed by atoms with Gasteiger partial charge >= 0.3 is 0 Å². The molecule has 0 amide bonds. The molecule has 2 unspecified atom stereocenters. The van der Waals surface area contributed by atoms with Gasteiger partial charge < -0.3 is 10.2 Å². The molecule has 20 heavy (non-hydrogen) atoms. The van der Waals surface area contributed by atoms with E-state index < -0.39 is 0 Å². The maximum atomic E-state index is 4.68. The van der Waals surface area contributed by atoms with Gasteiger partial charge in [0.05, 0.1) is 0 Å². The summed E-state index contributed by atoms with van der Waals surface area (Å²) < 4.78 is 0. The first-order valence-corrected chi connectivity index (χ1v) is 7.68. The summed E-state index contributed by atoms with van der Waals surface area (Å²) in [5.74, 6) is 2.86. The Morgan fingerprint density at radius 1 is 1.35 bits per heavy atom. The maximum absolute atomic E-state index is 4.68. The van der Waals surface area contributed by atoms with Crippen LogP contribution in [0.5, 0.6) is 0 Å². The van der Waals surface area contributed by atoms with Gasteiger partial charge in [-0.05, 0) is 63.6 Å². The van der Waals surface area contributed by atoms with Crippen LogP contribution in [0.2, 0.25) is 0 Å². The Kier molecular flexibility index (Phi) is 4.38. The van der Waals surface area contributed by atoms with Crippen LogP contribution in [0.25, 0.3) is 0 Å². The minimum Gasteiger partial charge on any atom is -0.359 e. The van der Waals surface area contributed by atoms with Crippen LogP contribution in [-0.4, -0.2) is 24.1 Å². The third-order valence-corrected chi connectivity index (χ3v) is 4.00. The average molecular weight is 275 g/mol. The average Bonchev–Trinajstić information content (AvgIpc) is 3.00. The number of nitrogens with zero attached hydrogens (tertiary/aromatic N) is 2. The van der Waals surface area contributed by atoms with Gasteiger partial charge in [-0.3, -0.25) is 0 Å². The smallest absolute Gasteiger partial charge is 0.128 e. The molecule has 2 rings (SSSR count). The van der Waals surface area contributed by atoms with E-state index in [0.717, 1.165) is 36.4 Å². The first-order chi connectivity index (χ1) is 9.24. The number of pyridine rings is 1. The highest BCUT2D eigenvalue weighted by Gasteiger charge is 2.33. The summed E-state index contributed by atoms with van der Waals surface area (Å²) >= 11 is 0. The Labute approximate surface area is 123 Å². The molecule has 1 N–H and O–H groups in total. The number of rotatable bonds is 5. The van der Waals surface area contributed by atoms with Crippen molar-refractivity contribution in [3.05, 3.63) is 23.4 Å². The predicted octanol–water partition coefficient (Wildman–Crippen LogP) is 3.37. The highest BCUT2D eigenvalue weighted by molar-refractivity contribution is 5.42. The van der Waals surface area contributed by atoms with Crippen LogP contribution >= 0.6 is 0 Å². The number of aromatic nitrogens is 1. The molecule has 0 radical (unpaired) electrons. The molecule has 1 fully saturated rings. The Morgan fingerprint density at radius 2 is 2.00 bits per heavy atom. The minimum atomic E-state index is 0.146. The number of anilines is 1. The zero-order valence-electron chi connectivity index (χ0n) is 13.8. The summed E-state index contributed by atoms with van der Waals surface area (Å²) in [7, 11) is 2.16. The van der Waals surface area contributed by atoms with E-state index in [1.54, 1.807) is 0 Å². The second-order valence-electron chi connectivity index (χ2n) is 7.43. The van der Waals surface area contributed by atoms with E-state index in [2.05, 4.69) is 69.0 Å². The lowest BCUT2D eigenvalue weighted by Gasteiger charge is -2.22. The van der Waals surface area contributed by atoms with Gasteiger partial charge in [0, 0.05) is 31.4 Å². The van der Waals surface area contributed by atoms with Crippen molar-refractivity contribution in [2.45, 2.75) is 53.1 Å². The highest BCUT2D eigenvalue weighted by Crippen LogP contribution is 2.38. The Morgan fingerprint density at radius 3 is 2.55 bits per heavy atom. The van der Waals surface area contributed by atoms with Crippen LogP contribution in [0.3, 0.4) is 0 Å². The number of hydrogen-bond acceptors (Lipinski definition) is 3. The summed E-state index contributed by atoms with van der Waals surface area (Å²) in [6.07, 6.45) is 1.37. The summed E-state index contributed by atoms with van der Waals surface area (Å²) in [5.41, 5.74) is 2.56. The molecule has 1 aliphatic carbocycles. The first-order valence-electron chi connectivity index (χ1n) is 7.68. The molecule has 0 bridgehead atoms. The van der Waals surface area contributed by atoms with Gasteiger partial charge in [0.25, 0.3) is 0 Å². The maximum Gasteiger partial charge on any atom is 0.128 e. The highest BCUT2D eigenvalue weighted by atomic mass is 15.2. The molecular weight excluding hydrogens is 246 g/mol. The van der Waals surface area contributed by atoms with Gasteiger partial charge in [-0.15, -0.1) is 0 Å². The molecule has 0 spiro atoms. The van der Waals surface area contributed by atoms with Crippen molar-refractivity contribution in [3.63, 3.8) is 0 Å². The minimum absolute atomic E-state index is 0.146. The molecule has 0 saturated heterocycles. The monoisotopic (exact) mass is 275 g/mol. The second kappa shape index (κ2) is 5.72. The number of nitrogens with one attached hydrogen (secondary N) is 1. The van der Waals surface area contributed by atoms with Crippen molar-refractivity contribution in [1.82, 2.24) is 10.3 Å². The van der Waals surface area contributed by atoms with Crippen molar-refractivity contribution < 1.29 is 0 Å². The molecule has 1 heterocycles. The summed E-state index contributed by atoms with van der Waals surface area (Å²) in [6, 6.07) is 4.40. The van der Waals surface area contributed by atoms with Crippen LogP contribution < -0.4 is 10.2 Å². The second-order valence-corrected chi connectivity index (χ2v) is 7.43. The summed E-state index contributed by atoms with van der Waals surface area (Å²) in [6.45, 7) is 13.0. The van der Waals surface area contributed by atoms with Crippen LogP contribution in [0.1, 0.15) is 45.4 Å². The molecule has 2 atom stereocenters. The standard InChI is InChI=1S/C17H29N3/c1-12-7-15(12)11-20(6)16-9-14(8-13(2)19-16)10-18-17(3,4)5/h8-9,12,15,18H,7,10-11H2,1-6H3. The van der Waals surface area contributed by atoms with Crippen molar-refractivity contribution in [1.29, 1.82) is 0 Å². The van der Waals surface area contributed by atoms with E-state index in [0.29, 0.717) is 0 Å². The normalized spacial score (nSPS) is 21.9. The molecule has 0 aromatic carbocycles. The fraction of sp³-hybridized carbons (Fsp3) is 0.706. The van der Waals surface area contributed by atoms with Crippen molar-refractivity contribution >= 4 is 5.82 Å². The Balaban J connectivity index is 2.03. The van der Waals surface area contributed by atoms with Gasteiger partial charge in [0.1, 0.15) is 5.82 Å².